The Morgan fingerprint density at radius 1 is 0.609 bits per heavy atom. The minimum Gasteiger partial charge on any atom is -0.450 e. The van der Waals surface area contributed by atoms with Crippen LogP contribution >= 0.6 is 0 Å². The summed E-state index contributed by atoms with van der Waals surface area (Å²) in [5.74, 6) is 1.24. The molecule has 10 rings (SSSR count). The van der Waals surface area contributed by atoms with Crippen LogP contribution < -0.4 is 10.6 Å². The molecule has 5 heteroatoms. The number of aromatic nitrogens is 4. The lowest BCUT2D eigenvalue weighted by Crippen LogP contribution is -2.34. The summed E-state index contributed by atoms with van der Waals surface area (Å²) in [7, 11) is 0. The van der Waals surface area contributed by atoms with Crippen molar-refractivity contribution in [1.29, 1.82) is 0 Å². The van der Waals surface area contributed by atoms with E-state index < -0.39 is 0 Å². The van der Waals surface area contributed by atoms with Crippen LogP contribution in [0.3, 0.4) is 0 Å². The van der Waals surface area contributed by atoms with Crippen molar-refractivity contribution in [1.82, 2.24) is 19.1 Å². The maximum Gasteiger partial charge on any atom is 0.197 e. The molecule has 4 heterocycles. The van der Waals surface area contributed by atoms with Crippen molar-refractivity contribution in [3.05, 3.63) is 144 Å². The van der Waals surface area contributed by atoms with Gasteiger partial charge in [0, 0.05) is 38.4 Å². The first-order valence-corrected chi connectivity index (χ1v) is 15.8. The average molecular weight is 593 g/mol. The summed E-state index contributed by atoms with van der Waals surface area (Å²) >= 11 is 0. The van der Waals surface area contributed by atoms with Gasteiger partial charge in [-0.2, -0.15) is 0 Å². The number of fused-ring (bicyclic) bond motifs is 9. The van der Waals surface area contributed by atoms with Crippen LogP contribution in [0.15, 0.2) is 132 Å². The number of furan rings is 1. The van der Waals surface area contributed by atoms with Gasteiger partial charge in [-0.15, -0.1) is 0 Å². The highest BCUT2D eigenvalue weighted by Gasteiger charge is 2.24. The normalized spacial score (nSPS) is 16.3. The van der Waals surface area contributed by atoms with Gasteiger partial charge in [0.15, 0.2) is 11.4 Å². The van der Waals surface area contributed by atoms with Gasteiger partial charge < -0.3 is 8.98 Å². The smallest absolute Gasteiger partial charge is 0.197 e. The summed E-state index contributed by atoms with van der Waals surface area (Å²) in [6.07, 6.45) is 6.59. The Labute approximate surface area is 264 Å². The molecular formula is C41H28N4O. The molecule has 5 nitrogen and oxygen atoms in total. The molecule has 0 saturated heterocycles. The second kappa shape index (κ2) is 9.53. The fraction of sp³-hybridized carbons (Fsp3) is 0.0732. The first-order chi connectivity index (χ1) is 22.7. The number of benzene rings is 5. The molecule has 1 aliphatic rings. The first kappa shape index (κ1) is 25.4. The molecule has 0 N–H and O–H groups in total. The third kappa shape index (κ3) is 3.51. The average Bonchev–Trinajstić information content (AvgIpc) is 3.75. The lowest BCUT2D eigenvalue weighted by Gasteiger charge is -2.22. The Balaban J connectivity index is 1.24. The zero-order chi connectivity index (χ0) is 30.4. The highest BCUT2D eigenvalue weighted by atomic mass is 16.3. The fourth-order valence-corrected chi connectivity index (χ4v) is 7.66. The van der Waals surface area contributed by atoms with E-state index >= 15 is 0 Å². The van der Waals surface area contributed by atoms with E-state index in [9.17, 15) is 0 Å². The third-order valence-electron chi connectivity index (χ3n) is 9.73. The summed E-state index contributed by atoms with van der Waals surface area (Å²) in [5.41, 5.74) is 8.20. The van der Waals surface area contributed by atoms with Crippen LogP contribution in [-0.2, 0) is 0 Å². The standard InChI is InChI=1S/C41H28N4O/c1-25-21-33-29-14-6-8-16-34(29)44(27-11-3-2-4-12-27)37(33)23-32(25)26-19-20-30-28-13-5-9-17-35(28)45(36(30)22-26)41-40-39(42-24-43-41)31-15-7-10-18-38(31)46-40/h2-25,32H,1H3. The largest absolute Gasteiger partial charge is 0.450 e. The van der Waals surface area contributed by atoms with Gasteiger partial charge >= 0.3 is 0 Å². The number of hydrogen-bond acceptors (Lipinski definition) is 3. The van der Waals surface area contributed by atoms with E-state index in [2.05, 4.69) is 136 Å². The molecule has 0 aliphatic heterocycles. The van der Waals surface area contributed by atoms with Gasteiger partial charge in [0.05, 0.1) is 21.9 Å². The van der Waals surface area contributed by atoms with Crippen LogP contribution in [0, 0.1) is 5.92 Å². The molecule has 1 aliphatic carbocycles. The van der Waals surface area contributed by atoms with E-state index in [1.54, 1.807) is 6.33 Å². The number of para-hydroxylation sites is 4. The molecule has 0 saturated carbocycles. The van der Waals surface area contributed by atoms with Crippen molar-refractivity contribution in [3.8, 4) is 11.5 Å². The predicted molar refractivity (Wildman–Crippen MR) is 187 cm³/mol. The molecule has 0 fully saturated rings. The minimum atomic E-state index is 0.187. The van der Waals surface area contributed by atoms with Crippen LogP contribution in [0.25, 0.3) is 78.4 Å². The van der Waals surface area contributed by atoms with E-state index in [-0.39, 0.29) is 5.92 Å². The Kier molecular flexibility index (Phi) is 5.26. The maximum atomic E-state index is 6.43. The zero-order valence-electron chi connectivity index (χ0n) is 25.1. The Morgan fingerprint density at radius 2 is 1.30 bits per heavy atom. The zero-order valence-corrected chi connectivity index (χ0v) is 25.1. The lowest BCUT2D eigenvalue weighted by molar-refractivity contribution is 0.662. The third-order valence-corrected chi connectivity index (χ3v) is 9.73. The van der Waals surface area contributed by atoms with Crippen LogP contribution in [-0.4, -0.2) is 19.1 Å². The highest BCUT2D eigenvalue weighted by Crippen LogP contribution is 2.39. The molecule has 2 atom stereocenters. The monoisotopic (exact) mass is 592 g/mol. The maximum absolute atomic E-state index is 6.43. The number of rotatable bonds is 3. The Bertz CT molecular complexity index is 2780. The molecule has 218 valence electrons. The van der Waals surface area contributed by atoms with Crippen molar-refractivity contribution < 1.29 is 4.42 Å². The molecule has 4 aromatic heterocycles. The van der Waals surface area contributed by atoms with Crippen LogP contribution in [0.1, 0.15) is 18.4 Å². The summed E-state index contributed by atoms with van der Waals surface area (Å²) < 4.78 is 11.1. The van der Waals surface area contributed by atoms with E-state index in [1.165, 1.54) is 43.5 Å². The minimum absolute atomic E-state index is 0.187. The van der Waals surface area contributed by atoms with Gasteiger partial charge in [-0.3, -0.25) is 4.57 Å². The SMILES string of the molecule is CC1C=c2c(n(-c3ccccc3)c3ccccc23)=CC1c1ccc2c3ccccc3n(-c3ncnc4c3oc3ccccc34)c2c1. The van der Waals surface area contributed by atoms with Crippen LogP contribution in [0.5, 0.6) is 0 Å². The molecule has 0 radical (unpaired) electrons. The topological polar surface area (TPSA) is 48.8 Å². The van der Waals surface area contributed by atoms with E-state index in [1.807, 2.05) is 18.2 Å². The second-order valence-corrected chi connectivity index (χ2v) is 12.3. The van der Waals surface area contributed by atoms with E-state index in [4.69, 9.17) is 9.40 Å². The molecule has 0 bridgehead atoms. The molecule has 0 spiro atoms. The molecular weight excluding hydrogens is 564 g/mol. The molecule has 5 aromatic carbocycles. The summed E-state index contributed by atoms with van der Waals surface area (Å²) in [6.45, 7) is 2.33. The molecule has 9 aromatic rings. The summed E-state index contributed by atoms with van der Waals surface area (Å²) in [6, 6.07) is 43.0. The van der Waals surface area contributed by atoms with Crippen LogP contribution in [0.4, 0.5) is 0 Å². The van der Waals surface area contributed by atoms with Gasteiger partial charge in [-0.25, -0.2) is 9.97 Å². The first-order valence-electron chi connectivity index (χ1n) is 15.8. The fourth-order valence-electron chi connectivity index (χ4n) is 7.66. The summed E-state index contributed by atoms with van der Waals surface area (Å²) in [4.78, 5) is 9.49. The van der Waals surface area contributed by atoms with Crippen LogP contribution in [0.2, 0.25) is 0 Å². The van der Waals surface area contributed by atoms with Crippen molar-refractivity contribution in [2.45, 2.75) is 12.8 Å². The highest BCUT2D eigenvalue weighted by molar-refractivity contribution is 6.11. The van der Waals surface area contributed by atoms with Gasteiger partial charge in [0.2, 0.25) is 0 Å². The Hall–Kier alpha value is -5.94. The molecule has 0 amide bonds. The van der Waals surface area contributed by atoms with Crippen molar-refractivity contribution in [2.24, 2.45) is 5.92 Å². The van der Waals surface area contributed by atoms with Gasteiger partial charge in [-0.1, -0.05) is 97.9 Å². The summed E-state index contributed by atoms with van der Waals surface area (Å²) in [5, 5.41) is 7.22. The molecule has 2 unspecified atom stereocenters. The number of nitrogens with zero attached hydrogens (tertiary/aromatic N) is 4. The van der Waals surface area contributed by atoms with Gasteiger partial charge in [-0.05, 0) is 53.9 Å². The molecule has 46 heavy (non-hydrogen) atoms. The van der Waals surface area contributed by atoms with Crippen molar-refractivity contribution in [2.75, 3.05) is 0 Å². The second-order valence-electron chi connectivity index (χ2n) is 12.3. The van der Waals surface area contributed by atoms with Gasteiger partial charge in [0.25, 0.3) is 0 Å². The van der Waals surface area contributed by atoms with Crippen molar-refractivity contribution >= 4 is 66.9 Å². The Morgan fingerprint density at radius 3 is 2.15 bits per heavy atom. The van der Waals surface area contributed by atoms with Crippen molar-refractivity contribution in [3.63, 3.8) is 0 Å². The van der Waals surface area contributed by atoms with Gasteiger partial charge in [0.1, 0.15) is 17.4 Å². The predicted octanol–water partition coefficient (Wildman–Crippen LogP) is 8.41. The quantitative estimate of drug-likeness (QED) is 0.207. The number of hydrogen-bond donors (Lipinski definition) is 0. The lowest BCUT2D eigenvalue weighted by atomic mass is 9.83. The van der Waals surface area contributed by atoms with E-state index in [0.29, 0.717) is 11.5 Å². The van der Waals surface area contributed by atoms with E-state index in [0.717, 1.165) is 33.3 Å².